The number of non-ortho nitro benzene ring substituents is 1. The zero-order chi connectivity index (χ0) is 15.9. The third-order valence-electron chi connectivity index (χ3n) is 3.06. The molecule has 6 heteroatoms. The molecule has 0 aliphatic carbocycles. The van der Waals surface area contributed by atoms with E-state index in [0.29, 0.717) is 10.3 Å². The van der Waals surface area contributed by atoms with Crippen LogP contribution in [0.2, 0.25) is 0 Å². The average Bonchev–Trinajstić information content (AvgIpc) is 2.53. The molecule has 0 heterocycles. The summed E-state index contributed by atoms with van der Waals surface area (Å²) in [5, 5.41) is 22.2. The molecular weight excluding hydrogens is 284 g/mol. The summed E-state index contributed by atoms with van der Waals surface area (Å²) in [7, 11) is 0. The van der Waals surface area contributed by atoms with Crippen molar-refractivity contribution in [2.24, 2.45) is 0 Å². The lowest BCUT2D eigenvalue weighted by Crippen LogP contribution is -2.09. The molecule has 0 saturated carbocycles. The van der Waals surface area contributed by atoms with Gasteiger partial charge in [-0.2, -0.15) is 0 Å². The number of nitro groups is 1. The first-order valence-corrected chi connectivity index (χ1v) is 6.65. The smallest absolute Gasteiger partial charge is 0.269 e. The number of rotatable bonds is 6. The number of ketones is 1. The number of hydrogen-bond acceptors (Lipinski definition) is 4. The summed E-state index contributed by atoms with van der Waals surface area (Å²) in [6.45, 7) is 0.175. The van der Waals surface area contributed by atoms with Crippen LogP contribution in [-0.4, -0.2) is 21.7 Å². The standard InChI is InChI=1S/C16H14N2O4/c19-16(14-6-8-15(9-7-14)18(21)22)10-11-17(20)12-13-4-2-1-3-5-13/h1-9,11H,10,12H2/b17-11-. The topological polar surface area (TPSA) is 86.3 Å². The van der Waals surface area contributed by atoms with Gasteiger partial charge in [-0.3, -0.25) is 14.9 Å². The molecule has 0 radical (unpaired) electrons. The van der Waals surface area contributed by atoms with Crippen LogP contribution in [0.5, 0.6) is 0 Å². The van der Waals surface area contributed by atoms with Crippen molar-refractivity contribution in [3.63, 3.8) is 0 Å². The molecule has 22 heavy (non-hydrogen) atoms. The molecule has 0 amide bonds. The zero-order valence-corrected chi connectivity index (χ0v) is 11.7. The highest BCUT2D eigenvalue weighted by molar-refractivity contribution is 6.02. The van der Waals surface area contributed by atoms with Crippen LogP contribution in [0.15, 0.2) is 54.6 Å². The Kier molecular flexibility index (Phi) is 4.98. The summed E-state index contributed by atoms with van der Waals surface area (Å²) in [5.74, 6) is -0.260. The third-order valence-corrected chi connectivity index (χ3v) is 3.06. The van der Waals surface area contributed by atoms with E-state index in [9.17, 15) is 20.1 Å². The van der Waals surface area contributed by atoms with Crippen molar-refractivity contribution in [1.29, 1.82) is 0 Å². The number of carbonyl (C=O) groups is 1. The van der Waals surface area contributed by atoms with E-state index in [0.717, 1.165) is 5.56 Å². The van der Waals surface area contributed by atoms with Gasteiger partial charge in [0.1, 0.15) is 0 Å². The molecule has 0 fully saturated rings. The lowest BCUT2D eigenvalue weighted by atomic mass is 10.1. The first kappa shape index (κ1) is 15.4. The summed E-state index contributed by atoms with van der Waals surface area (Å²) in [4.78, 5) is 21.9. The number of Topliss-reactive ketones (excluding diaryl/α,β-unsaturated/α-hetero) is 1. The largest absolute Gasteiger partial charge is 0.624 e. The molecular formula is C16H14N2O4. The number of nitro benzene ring substituents is 1. The molecule has 0 N–H and O–H groups in total. The lowest BCUT2D eigenvalue weighted by Gasteiger charge is -2.04. The third kappa shape index (κ3) is 4.24. The number of nitrogens with zero attached hydrogens (tertiary/aromatic N) is 2. The fourth-order valence-corrected chi connectivity index (χ4v) is 1.90. The van der Waals surface area contributed by atoms with E-state index in [2.05, 4.69) is 0 Å². The Balaban J connectivity index is 1.96. The Morgan fingerprint density at radius 2 is 1.64 bits per heavy atom. The van der Waals surface area contributed by atoms with Gasteiger partial charge in [-0.05, 0) is 12.1 Å². The van der Waals surface area contributed by atoms with Crippen molar-refractivity contribution in [2.75, 3.05) is 0 Å². The van der Waals surface area contributed by atoms with E-state index >= 15 is 0 Å². The molecule has 0 aromatic heterocycles. The van der Waals surface area contributed by atoms with E-state index in [1.807, 2.05) is 30.3 Å². The Hall–Kier alpha value is -3.02. The van der Waals surface area contributed by atoms with Gasteiger partial charge in [0.25, 0.3) is 5.69 Å². The predicted molar refractivity (Wildman–Crippen MR) is 81.9 cm³/mol. The van der Waals surface area contributed by atoms with Crippen LogP contribution in [0, 0.1) is 15.3 Å². The molecule has 2 rings (SSSR count). The fourth-order valence-electron chi connectivity index (χ4n) is 1.90. The number of hydroxylamine groups is 1. The molecule has 2 aromatic rings. The van der Waals surface area contributed by atoms with Gasteiger partial charge in [0.15, 0.2) is 18.5 Å². The van der Waals surface area contributed by atoms with E-state index in [-0.39, 0.29) is 24.4 Å². The zero-order valence-electron chi connectivity index (χ0n) is 11.7. The van der Waals surface area contributed by atoms with Crippen molar-refractivity contribution in [3.05, 3.63) is 81.0 Å². The number of carbonyl (C=O) groups excluding carboxylic acids is 1. The summed E-state index contributed by atoms with van der Waals surface area (Å²) in [6, 6.07) is 14.5. The van der Waals surface area contributed by atoms with Crippen molar-refractivity contribution in [2.45, 2.75) is 13.0 Å². The van der Waals surface area contributed by atoms with E-state index < -0.39 is 4.92 Å². The van der Waals surface area contributed by atoms with Gasteiger partial charge in [0, 0.05) is 23.3 Å². The summed E-state index contributed by atoms with van der Waals surface area (Å²) < 4.78 is 0.707. The van der Waals surface area contributed by atoms with Crippen LogP contribution in [0.3, 0.4) is 0 Å². The highest BCUT2D eigenvalue weighted by Gasteiger charge is 2.10. The average molecular weight is 298 g/mol. The Morgan fingerprint density at radius 1 is 1.00 bits per heavy atom. The predicted octanol–water partition coefficient (Wildman–Crippen LogP) is 2.95. The van der Waals surface area contributed by atoms with Gasteiger partial charge in [-0.25, -0.2) is 4.74 Å². The summed E-state index contributed by atoms with van der Waals surface area (Å²) in [5.41, 5.74) is 1.13. The quantitative estimate of drug-likeness (QED) is 0.205. The van der Waals surface area contributed by atoms with E-state index in [1.54, 1.807) is 0 Å². The molecule has 0 bridgehead atoms. The van der Waals surface area contributed by atoms with Gasteiger partial charge < -0.3 is 5.21 Å². The Bertz CT molecular complexity index is 694. The maximum atomic E-state index is 11.9. The maximum Gasteiger partial charge on any atom is 0.269 e. The van der Waals surface area contributed by atoms with Crippen LogP contribution >= 0.6 is 0 Å². The molecule has 6 nitrogen and oxygen atoms in total. The molecule has 0 unspecified atom stereocenters. The van der Waals surface area contributed by atoms with Gasteiger partial charge in [0.2, 0.25) is 0 Å². The fraction of sp³-hybridized carbons (Fsp3) is 0.125. The highest BCUT2D eigenvalue weighted by atomic mass is 16.6. The van der Waals surface area contributed by atoms with Crippen molar-refractivity contribution in [1.82, 2.24) is 0 Å². The van der Waals surface area contributed by atoms with E-state index in [4.69, 9.17) is 0 Å². The lowest BCUT2D eigenvalue weighted by molar-refractivity contribution is -0.470. The van der Waals surface area contributed by atoms with Crippen LogP contribution in [-0.2, 0) is 6.54 Å². The van der Waals surface area contributed by atoms with Gasteiger partial charge in [-0.1, -0.05) is 30.3 Å². The summed E-state index contributed by atoms with van der Waals surface area (Å²) >= 11 is 0. The van der Waals surface area contributed by atoms with Crippen LogP contribution < -0.4 is 0 Å². The highest BCUT2D eigenvalue weighted by Crippen LogP contribution is 2.12. The Labute approximate surface area is 127 Å². The first-order valence-electron chi connectivity index (χ1n) is 6.65. The normalized spacial score (nSPS) is 11.2. The minimum Gasteiger partial charge on any atom is -0.624 e. The van der Waals surface area contributed by atoms with Crippen molar-refractivity contribution in [3.8, 4) is 0 Å². The minimum absolute atomic E-state index is 0.0475. The monoisotopic (exact) mass is 298 g/mol. The van der Waals surface area contributed by atoms with Crippen molar-refractivity contribution >= 4 is 17.7 Å². The SMILES string of the molecule is O=C(C/C=[N+](\[O-])Cc1ccccc1)c1ccc([N+](=O)[O-])cc1. The second-order valence-corrected chi connectivity index (χ2v) is 4.67. The molecule has 2 aromatic carbocycles. The molecule has 0 saturated heterocycles. The summed E-state index contributed by atoms with van der Waals surface area (Å²) in [6.07, 6.45) is 1.23. The molecule has 0 aliphatic rings. The van der Waals surface area contributed by atoms with Gasteiger partial charge in [-0.15, -0.1) is 0 Å². The molecule has 0 aliphatic heterocycles. The maximum absolute atomic E-state index is 11.9. The van der Waals surface area contributed by atoms with Gasteiger partial charge >= 0.3 is 0 Å². The Morgan fingerprint density at radius 3 is 2.23 bits per heavy atom. The molecule has 0 spiro atoms. The van der Waals surface area contributed by atoms with E-state index in [1.165, 1.54) is 30.5 Å². The van der Waals surface area contributed by atoms with Crippen LogP contribution in [0.4, 0.5) is 5.69 Å². The molecule has 112 valence electrons. The second kappa shape index (κ2) is 7.12. The first-order chi connectivity index (χ1) is 10.6. The van der Waals surface area contributed by atoms with Gasteiger partial charge in [0.05, 0.1) is 11.3 Å². The number of hydrogen-bond donors (Lipinski definition) is 0. The minimum atomic E-state index is -0.528. The van der Waals surface area contributed by atoms with Crippen LogP contribution in [0.25, 0.3) is 0 Å². The molecule has 0 atom stereocenters. The van der Waals surface area contributed by atoms with Crippen LogP contribution in [0.1, 0.15) is 22.3 Å². The number of benzene rings is 2. The second-order valence-electron chi connectivity index (χ2n) is 4.67. The van der Waals surface area contributed by atoms with Crippen molar-refractivity contribution < 1.29 is 14.5 Å².